The van der Waals surface area contributed by atoms with Crippen LogP contribution in [0.2, 0.25) is 0 Å². The smallest absolute Gasteiger partial charge is 0.305 e. The van der Waals surface area contributed by atoms with Crippen molar-refractivity contribution in [1.82, 2.24) is 15.4 Å². The highest BCUT2D eigenvalue weighted by atomic mass is 16.5. The van der Waals surface area contributed by atoms with Gasteiger partial charge in [0.05, 0.1) is 12.7 Å². The average molecular weight is 365 g/mol. The molecule has 2 N–H and O–H groups in total. The zero-order chi connectivity index (χ0) is 19.1. The molecule has 0 aliphatic rings. The number of ether oxygens (including phenoxy) is 2. The van der Waals surface area contributed by atoms with E-state index >= 15 is 0 Å². The first-order valence-corrected chi connectivity index (χ1v) is 7.83. The van der Waals surface area contributed by atoms with Gasteiger partial charge in [-0.15, -0.1) is 0 Å². The number of nitrogens with one attached hydrogen (secondary N) is 2. The summed E-state index contributed by atoms with van der Waals surface area (Å²) in [5.41, 5.74) is 5.42. The molecule has 3 rings (SSSR count). The molecule has 0 saturated carbocycles. The van der Waals surface area contributed by atoms with E-state index in [1.807, 2.05) is 6.07 Å². The minimum absolute atomic E-state index is 0.0811. The van der Waals surface area contributed by atoms with Gasteiger partial charge in [-0.25, -0.2) is 4.98 Å². The summed E-state index contributed by atoms with van der Waals surface area (Å²) < 4.78 is 16.0. The number of methoxy groups -OCH3 is 1. The van der Waals surface area contributed by atoms with Gasteiger partial charge in [0.1, 0.15) is 24.2 Å². The molecule has 3 aromatic rings. The zero-order valence-electron chi connectivity index (χ0n) is 14.3. The van der Waals surface area contributed by atoms with Crippen LogP contribution in [0.25, 0.3) is 0 Å². The number of para-hydroxylation sites is 1. The number of aromatic nitrogens is 2. The number of hydrogen-bond donors (Lipinski definition) is 2. The highest BCUT2D eigenvalue weighted by molar-refractivity contribution is 5.92. The van der Waals surface area contributed by atoms with Crippen molar-refractivity contribution in [2.24, 2.45) is 0 Å². The summed E-state index contributed by atoms with van der Waals surface area (Å²) in [6.07, 6.45) is 1.49. The number of carbonyl (C=O) groups is 1. The molecule has 0 atom stereocenters. The van der Waals surface area contributed by atoms with Gasteiger partial charge < -0.3 is 13.9 Å². The Hall–Kier alpha value is -4.06. The highest BCUT2D eigenvalue weighted by Gasteiger charge is 2.12. The molecule has 136 valence electrons. The van der Waals surface area contributed by atoms with Crippen molar-refractivity contribution in [2.75, 3.05) is 12.5 Å². The predicted octanol–water partition coefficient (Wildman–Crippen LogP) is 2.29. The van der Waals surface area contributed by atoms with Crippen LogP contribution in [0, 0.1) is 11.3 Å². The summed E-state index contributed by atoms with van der Waals surface area (Å²) in [5.74, 6) is 0.982. The van der Waals surface area contributed by atoms with E-state index in [1.165, 1.54) is 19.4 Å². The Labute approximate surface area is 154 Å². The Morgan fingerprint density at radius 1 is 1.26 bits per heavy atom. The minimum atomic E-state index is -0.509. The maximum atomic E-state index is 12.1. The third kappa shape index (κ3) is 4.52. The Morgan fingerprint density at radius 3 is 2.93 bits per heavy atom. The molecule has 0 fully saturated rings. The first-order chi connectivity index (χ1) is 13.2. The standard InChI is InChI=1S/C18H15N5O4/c1-25-16-8-9-20-18(21-16)23-22-17(24)15-7-6-13(27-15)11-26-14-5-3-2-4-12(14)10-19/h2-9H,11H2,1H3,(H,22,24)(H,20,21,23). The van der Waals surface area contributed by atoms with Gasteiger partial charge >= 0.3 is 5.91 Å². The summed E-state index contributed by atoms with van der Waals surface area (Å²) in [6, 6.07) is 13.6. The number of anilines is 1. The number of amides is 1. The predicted molar refractivity (Wildman–Crippen MR) is 93.9 cm³/mol. The van der Waals surface area contributed by atoms with Gasteiger partial charge in [0.25, 0.3) is 0 Å². The first kappa shape index (κ1) is 17.8. The van der Waals surface area contributed by atoms with Gasteiger partial charge in [-0.1, -0.05) is 12.1 Å². The van der Waals surface area contributed by atoms with Crippen LogP contribution in [0.5, 0.6) is 11.6 Å². The molecule has 0 spiro atoms. The zero-order valence-corrected chi connectivity index (χ0v) is 14.3. The van der Waals surface area contributed by atoms with Crippen molar-refractivity contribution < 1.29 is 18.7 Å². The fourth-order valence-electron chi connectivity index (χ4n) is 2.10. The molecule has 0 radical (unpaired) electrons. The highest BCUT2D eigenvalue weighted by Crippen LogP contribution is 2.19. The molecule has 0 saturated heterocycles. The number of nitrogens with zero attached hydrogens (tertiary/aromatic N) is 3. The molecule has 0 bridgehead atoms. The molecule has 1 aromatic carbocycles. The van der Waals surface area contributed by atoms with E-state index < -0.39 is 5.91 Å². The van der Waals surface area contributed by atoms with E-state index in [9.17, 15) is 4.79 Å². The molecule has 9 heteroatoms. The van der Waals surface area contributed by atoms with Crippen LogP contribution >= 0.6 is 0 Å². The molecule has 1 amide bonds. The minimum Gasteiger partial charge on any atom is -0.484 e. The maximum absolute atomic E-state index is 12.1. The van der Waals surface area contributed by atoms with E-state index in [0.29, 0.717) is 23.0 Å². The van der Waals surface area contributed by atoms with Gasteiger partial charge in [-0.2, -0.15) is 10.2 Å². The monoisotopic (exact) mass is 365 g/mol. The van der Waals surface area contributed by atoms with Crippen molar-refractivity contribution >= 4 is 11.9 Å². The summed E-state index contributed by atoms with van der Waals surface area (Å²) in [7, 11) is 1.48. The normalized spacial score (nSPS) is 9.93. The molecular weight excluding hydrogens is 350 g/mol. The van der Waals surface area contributed by atoms with Crippen LogP contribution < -0.4 is 20.3 Å². The lowest BCUT2D eigenvalue weighted by molar-refractivity contribution is 0.0930. The lowest BCUT2D eigenvalue weighted by Crippen LogP contribution is -2.30. The number of benzene rings is 1. The summed E-state index contributed by atoms with van der Waals surface area (Å²) in [5, 5.41) is 9.05. The van der Waals surface area contributed by atoms with Crippen LogP contribution in [0.4, 0.5) is 5.95 Å². The largest absolute Gasteiger partial charge is 0.484 e. The van der Waals surface area contributed by atoms with Gasteiger partial charge in [-0.05, 0) is 24.3 Å². The van der Waals surface area contributed by atoms with Crippen molar-refractivity contribution in [3.05, 3.63) is 65.7 Å². The van der Waals surface area contributed by atoms with Crippen LogP contribution in [-0.2, 0) is 6.61 Å². The quantitative estimate of drug-likeness (QED) is 0.612. The number of hydrogen-bond acceptors (Lipinski definition) is 8. The summed E-state index contributed by atoms with van der Waals surface area (Å²) >= 11 is 0. The third-order valence-corrected chi connectivity index (χ3v) is 3.39. The summed E-state index contributed by atoms with van der Waals surface area (Å²) in [6.45, 7) is 0.0817. The number of nitriles is 1. The average Bonchev–Trinajstić information content (AvgIpc) is 3.20. The molecule has 0 aliphatic heterocycles. The molecular formula is C18H15N5O4. The van der Waals surface area contributed by atoms with Crippen molar-refractivity contribution in [3.8, 4) is 17.7 Å². The van der Waals surface area contributed by atoms with Crippen LogP contribution in [0.1, 0.15) is 21.9 Å². The molecule has 2 heterocycles. The second-order valence-corrected chi connectivity index (χ2v) is 5.16. The van der Waals surface area contributed by atoms with E-state index in [4.69, 9.17) is 19.2 Å². The molecule has 9 nitrogen and oxygen atoms in total. The number of carbonyl (C=O) groups excluding carboxylic acids is 1. The summed E-state index contributed by atoms with van der Waals surface area (Å²) in [4.78, 5) is 20.1. The Kier molecular flexibility index (Phi) is 5.49. The second kappa shape index (κ2) is 8.35. The van der Waals surface area contributed by atoms with Crippen molar-refractivity contribution in [1.29, 1.82) is 5.26 Å². The Morgan fingerprint density at radius 2 is 2.11 bits per heavy atom. The number of rotatable bonds is 7. The third-order valence-electron chi connectivity index (χ3n) is 3.39. The lowest BCUT2D eigenvalue weighted by Gasteiger charge is -2.07. The lowest BCUT2D eigenvalue weighted by atomic mass is 10.2. The number of furan rings is 1. The fraction of sp³-hybridized carbons (Fsp3) is 0.111. The van der Waals surface area contributed by atoms with E-state index in [-0.39, 0.29) is 18.3 Å². The maximum Gasteiger partial charge on any atom is 0.305 e. The SMILES string of the molecule is COc1ccnc(NNC(=O)c2ccc(COc3ccccc3C#N)o2)n1. The van der Waals surface area contributed by atoms with E-state index in [1.54, 1.807) is 36.4 Å². The Bertz CT molecular complexity index is 980. The van der Waals surface area contributed by atoms with Crippen LogP contribution in [0.3, 0.4) is 0 Å². The topological polar surface area (TPSA) is 122 Å². The van der Waals surface area contributed by atoms with Gasteiger partial charge in [0.2, 0.25) is 11.8 Å². The molecule has 0 aliphatic carbocycles. The first-order valence-electron chi connectivity index (χ1n) is 7.83. The van der Waals surface area contributed by atoms with E-state index in [2.05, 4.69) is 20.8 Å². The van der Waals surface area contributed by atoms with Gasteiger partial charge in [-0.3, -0.25) is 15.6 Å². The van der Waals surface area contributed by atoms with E-state index in [0.717, 1.165) is 0 Å². The van der Waals surface area contributed by atoms with Gasteiger partial charge in [0, 0.05) is 12.3 Å². The van der Waals surface area contributed by atoms with Crippen molar-refractivity contribution in [2.45, 2.75) is 6.61 Å². The number of hydrazine groups is 1. The van der Waals surface area contributed by atoms with Crippen LogP contribution in [0.15, 0.2) is 53.1 Å². The molecule has 2 aromatic heterocycles. The fourth-order valence-corrected chi connectivity index (χ4v) is 2.10. The van der Waals surface area contributed by atoms with Crippen molar-refractivity contribution in [3.63, 3.8) is 0 Å². The Balaban J connectivity index is 1.56. The molecule has 27 heavy (non-hydrogen) atoms. The molecule has 0 unspecified atom stereocenters. The van der Waals surface area contributed by atoms with Gasteiger partial charge in [0.15, 0.2) is 5.76 Å². The van der Waals surface area contributed by atoms with Crippen LogP contribution in [-0.4, -0.2) is 23.0 Å². The second-order valence-electron chi connectivity index (χ2n) is 5.16.